The van der Waals surface area contributed by atoms with Crippen molar-refractivity contribution in [2.24, 2.45) is 0 Å². The molecule has 3 N–H and O–H groups in total. The van der Waals surface area contributed by atoms with E-state index in [9.17, 15) is 31.2 Å². The van der Waals surface area contributed by atoms with Gasteiger partial charge in [0.05, 0.1) is 28.6 Å². The first-order valence-electron chi connectivity index (χ1n) is 8.92. The minimum atomic E-state index is -4.55. The van der Waals surface area contributed by atoms with Gasteiger partial charge in [-0.2, -0.15) is 13.2 Å². The zero-order valence-electron chi connectivity index (χ0n) is 15.1. The summed E-state index contributed by atoms with van der Waals surface area (Å²) in [5.74, 6) is -0.560. The zero-order valence-corrected chi connectivity index (χ0v) is 17.5. The van der Waals surface area contributed by atoms with Crippen molar-refractivity contribution in [3.8, 4) is 0 Å². The Kier molecular flexibility index (Phi) is 6.13. The Labute approximate surface area is 173 Å². The molecule has 2 fully saturated rings. The van der Waals surface area contributed by atoms with E-state index in [1.807, 2.05) is 0 Å². The van der Waals surface area contributed by atoms with Crippen LogP contribution < -0.4 is 16.0 Å². The first kappa shape index (κ1) is 21.9. The predicted octanol–water partition coefficient (Wildman–Crippen LogP) is 2.81. The van der Waals surface area contributed by atoms with Crippen LogP contribution in [-0.4, -0.2) is 43.4 Å². The lowest BCUT2D eigenvalue weighted by molar-refractivity contribution is -0.138. The van der Waals surface area contributed by atoms with Crippen LogP contribution >= 0.6 is 15.9 Å². The average Bonchev–Trinajstić information content (AvgIpc) is 3.04. The third kappa shape index (κ3) is 5.03. The van der Waals surface area contributed by atoms with Gasteiger partial charge in [0.1, 0.15) is 0 Å². The maximum Gasteiger partial charge on any atom is 0.417 e. The van der Waals surface area contributed by atoms with E-state index >= 15 is 0 Å². The van der Waals surface area contributed by atoms with E-state index in [2.05, 4.69) is 31.9 Å². The summed E-state index contributed by atoms with van der Waals surface area (Å²) in [5, 5.41) is 6.93. The number of amides is 3. The molecule has 29 heavy (non-hydrogen) atoms. The third-order valence-corrected chi connectivity index (χ3v) is 7.99. The molecule has 1 aromatic rings. The van der Waals surface area contributed by atoms with Crippen LogP contribution in [0.1, 0.15) is 31.2 Å². The number of rotatable bonds is 6. The van der Waals surface area contributed by atoms with Crippen LogP contribution in [0, 0.1) is 0 Å². The first-order valence-corrected chi connectivity index (χ1v) is 11.4. The van der Waals surface area contributed by atoms with Gasteiger partial charge in [-0.25, -0.2) is 13.2 Å². The number of anilines is 1. The summed E-state index contributed by atoms with van der Waals surface area (Å²) in [5.41, 5.74) is -0.852. The topological polar surface area (TPSA) is 104 Å². The van der Waals surface area contributed by atoms with Gasteiger partial charge in [0.25, 0.3) is 0 Å². The molecule has 0 aromatic heterocycles. The molecule has 160 valence electrons. The van der Waals surface area contributed by atoms with E-state index < -0.39 is 44.8 Å². The van der Waals surface area contributed by atoms with E-state index in [-0.39, 0.29) is 28.4 Å². The Morgan fingerprint density at radius 3 is 2.66 bits per heavy atom. The number of carbonyl (C=O) groups is 2. The molecular formula is C17H19BrF3N3O4S. The minimum Gasteiger partial charge on any atom is -0.332 e. The van der Waals surface area contributed by atoms with Gasteiger partial charge < -0.3 is 16.0 Å². The smallest absolute Gasteiger partial charge is 0.332 e. The Hall–Kier alpha value is -1.82. The van der Waals surface area contributed by atoms with Crippen molar-refractivity contribution < 1.29 is 31.2 Å². The molecule has 2 aliphatic rings. The number of hydrogen-bond acceptors (Lipinski definition) is 4. The lowest BCUT2D eigenvalue weighted by atomic mass is 10.0. The van der Waals surface area contributed by atoms with Gasteiger partial charge in [-0.3, -0.25) is 4.79 Å². The van der Waals surface area contributed by atoms with E-state index in [1.54, 1.807) is 0 Å². The molecule has 1 aromatic carbocycles. The molecule has 0 aliphatic carbocycles. The van der Waals surface area contributed by atoms with Gasteiger partial charge in [-0.1, -0.05) is 22.4 Å². The molecule has 3 rings (SSSR count). The van der Waals surface area contributed by atoms with Crippen LogP contribution in [0.2, 0.25) is 0 Å². The second kappa shape index (κ2) is 8.13. The van der Waals surface area contributed by atoms with Gasteiger partial charge in [-0.15, -0.1) is 0 Å². The highest BCUT2D eigenvalue weighted by Crippen LogP contribution is 2.36. The monoisotopic (exact) mass is 497 g/mol. The Morgan fingerprint density at radius 1 is 1.24 bits per heavy atom. The van der Waals surface area contributed by atoms with Gasteiger partial charge in [-0.05, 0) is 31.0 Å². The van der Waals surface area contributed by atoms with Crippen molar-refractivity contribution in [1.82, 2.24) is 10.6 Å². The molecular weight excluding hydrogens is 479 g/mol. The van der Waals surface area contributed by atoms with Crippen molar-refractivity contribution >= 4 is 43.4 Å². The molecule has 0 saturated carbocycles. The number of unbranched alkanes of at least 4 members (excludes halogenated alkanes) is 1. The Bertz CT molecular complexity index is 923. The maximum absolute atomic E-state index is 12.9. The van der Waals surface area contributed by atoms with Crippen LogP contribution in [0.3, 0.4) is 0 Å². The number of benzene rings is 1. The van der Waals surface area contributed by atoms with Gasteiger partial charge in [0.15, 0.2) is 9.84 Å². The highest BCUT2D eigenvalue weighted by molar-refractivity contribution is 9.10. The highest BCUT2D eigenvalue weighted by Gasteiger charge is 2.51. The lowest BCUT2D eigenvalue weighted by Crippen LogP contribution is -2.39. The number of fused-ring (bicyclic) bond motifs is 1. The average molecular weight is 498 g/mol. The van der Waals surface area contributed by atoms with Crippen LogP contribution in [0.4, 0.5) is 23.7 Å². The normalized spacial score (nSPS) is 25.2. The van der Waals surface area contributed by atoms with Crippen LogP contribution in [0.15, 0.2) is 22.7 Å². The van der Waals surface area contributed by atoms with E-state index in [1.165, 1.54) is 12.1 Å². The first-order chi connectivity index (χ1) is 13.5. The fourth-order valence-electron chi connectivity index (χ4n) is 3.68. The number of sulfone groups is 1. The van der Waals surface area contributed by atoms with E-state index in [0.717, 1.165) is 6.07 Å². The van der Waals surface area contributed by atoms with Crippen molar-refractivity contribution in [3.05, 3.63) is 28.2 Å². The molecule has 0 unspecified atom stereocenters. The molecule has 0 spiro atoms. The standard InChI is InChI=1S/C17H19BrF3N3O4S/c18-11-6-5-9(7-10(11)17(19,20)21)22-14(25)4-2-1-3-13-15-12(8-29(13,27)28)23-16(26)24-15/h5-7,12-13,15H,1-4,8H2,(H,22,25)(H2,23,24,26)/t12-,13-,15-/m1/s1. The fourth-order valence-corrected chi connectivity index (χ4v) is 6.42. The summed E-state index contributed by atoms with van der Waals surface area (Å²) in [7, 11) is -3.33. The molecule has 0 radical (unpaired) electrons. The molecule has 12 heteroatoms. The van der Waals surface area contributed by atoms with E-state index in [4.69, 9.17) is 0 Å². The number of hydrogen-bond donors (Lipinski definition) is 3. The SMILES string of the molecule is O=C(CCCC[C@@H]1[C@@H]2NC(=O)N[C@@H]2CS1(=O)=O)Nc1ccc(Br)c(C(F)(F)F)c1. The molecule has 7 nitrogen and oxygen atoms in total. The van der Waals surface area contributed by atoms with Crippen molar-refractivity contribution in [3.63, 3.8) is 0 Å². The maximum atomic E-state index is 12.9. The van der Waals surface area contributed by atoms with Crippen molar-refractivity contribution in [2.45, 2.75) is 49.2 Å². The van der Waals surface area contributed by atoms with Crippen LogP contribution in [0.5, 0.6) is 0 Å². The highest BCUT2D eigenvalue weighted by atomic mass is 79.9. The Balaban J connectivity index is 1.49. The second-order valence-electron chi connectivity index (χ2n) is 7.10. The molecule has 3 atom stereocenters. The summed E-state index contributed by atoms with van der Waals surface area (Å²) in [6, 6.07) is 2.14. The second-order valence-corrected chi connectivity index (χ2v) is 10.2. The number of urea groups is 1. The zero-order chi connectivity index (χ0) is 21.4. The summed E-state index contributed by atoms with van der Waals surface area (Å²) in [4.78, 5) is 23.4. The largest absolute Gasteiger partial charge is 0.417 e. The van der Waals surface area contributed by atoms with Crippen molar-refractivity contribution in [2.75, 3.05) is 11.1 Å². The fraction of sp³-hybridized carbons (Fsp3) is 0.529. The van der Waals surface area contributed by atoms with Gasteiger partial charge in [0.2, 0.25) is 5.91 Å². The molecule has 0 bridgehead atoms. The predicted molar refractivity (Wildman–Crippen MR) is 103 cm³/mol. The number of carbonyl (C=O) groups excluding carboxylic acids is 2. The summed E-state index contributed by atoms with van der Waals surface area (Å²) < 4.78 is 63.1. The molecule has 3 amide bonds. The van der Waals surface area contributed by atoms with Gasteiger partial charge in [0, 0.05) is 16.6 Å². The van der Waals surface area contributed by atoms with Crippen LogP contribution in [-0.2, 0) is 20.8 Å². The van der Waals surface area contributed by atoms with Crippen LogP contribution in [0.25, 0.3) is 0 Å². The summed E-state index contributed by atoms with van der Waals surface area (Å²) in [6.07, 6.45) is -3.39. The Morgan fingerprint density at radius 2 is 1.97 bits per heavy atom. The van der Waals surface area contributed by atoms with Gasteiger partial charge >= 0.3 is 12.2 Å². The molecule has 2 heterocycles. The number of nitrogens with one attached hydrogen (secondary N) is 3. The lowest BCUT2D eigenvalue weighted by Gasteiger charge is -2.16. The summed E-state index contributed by atoms with van der Waals surface area (Å²) in [6.45, 7) is 0. The molecule has 2 aliphatic heterocycles. The number of alkyl halides is 3. The minimum absolute atomic E-state index is 0.0338. The quantitative estimate of drug-likeness (QED) is 0.415. The van der Waals surface area contributed by atoms with E-state index in [0.29, 0.717) is 19.3 Å². The summed E-state index contributed by atoms with van der Waals surface area (Å²) >= 11 is 2.84. The molecule has 2 saturated heterocycles. The third-order valence-electron chi connectivity index (χ3n) is 5.02. The van der Waals surface area contributed by atoms with Crippen molar-refractivity contribution in [1.29, 1.82) is 0 Å². The number of halogens is 4.